The number of nitrogens with one attached hydrogen (secondary N) is 2. The van der Waals surface area contributed by atoms with E-state index in [1.54, 1.807) is 30.6 Å². The van der Waals surface area contributed by atoms with Crippen molar-refractivity contribution in [2.75, 3.05) is 27.2 Å². The summed E-state index contributed by atoms with van der Waals surface area (Å²) in [7, 11) is -0.0268. The molecule has 1 aliphatic heterocycles. The van der Waals surface area contributed by atoms with Gasteiger partial charge in [0.05, 0.1) is 12.0 Å². The number of nitrogens with zero attached hydrogens (tertiary/aromatic N) is 2. The zero-order valence-corrected chi connectivity index (χ0v) is 18.4. The molecule has 2 aromatic carbocycles. The van der Waals surface area contributed by atoms with E-state index >= 15 is 0 Å². The summed E-state index contributed by atoms with van der Waals surface area (Å²) in [5.41, 5.74) is 2.07. The summed E-state index contributed by atoms with van der Waals surface area (Å²) in [6.45, 7) is 2.38. The van der Waals surface area contributed by atoms with Crippen molar-refractivity contribution in [2.45, 2.75) is 37.2 Å². The number of aliphatic imine (C=N–C) groups is 1. The third-order valence-electron chi connectivity index (χ3n) is 5.15. The number of benzene rings is 2. The van der Waals surface area contributed by atoms with E-state index in [1.165, 1.54) is 0 Å². The molecule has 1 aliphatic rings. The predicted molar refractivity (Wildman–Crippen MR) is 119 cm³/mol. The first kappa shape index (κ1) is 22.1. The number of rotatable bonds is 7. The fraction of sp³-hybridized carbons (Fsp3) is 0.409. The quantitative estimate of drug-likeness (QED) is 0.521. The first-order valence-electron chi connectivity index (χ1n) is 10.2. The zero-order valence-electron chi connectivity index (χ0n) is 17.6. The SMILES string of the molecule is CN=C(NCc1ccc(S(=O)(=O)N2CCCCC2)cc1)NCc1cccc(OC)c1. The lowest BCUT2D eigenvalue weighted by atomic mass is 10.2. The summed E-state index contributed by atoms with van der Waals surface area (Å²) in [5.74, 6) is 1.49. The highest BCUT2D eigenvalue weighted by molar-refractivity contribution is 7.89. The molecule has 30 heavy (non-hydrogen) atoms. The van der Waals surface area contributed by atoms with Gasteiger partial charge >= 0.3 is 0 Å². The van der Waals surface area contributed by atoms with Gasteiger partial charge in [-0.25, -0.2) is 8.42 Å². The highest BCUT2D eigenvalue weighted by atomic mass is 32.2. The molecule has 0 aliphatic carbocycles. The van der Waals surface area contributed by atoms with Gasteiger partial charge in [-0.1, -0.05) is 30.7 Å². The first-order chi connectivity index (χ1) is 14.5. The third kappa shape index (κ3) is 5.73. The second-order valence-corrected chi connectivity index (χ2v) is 9.18. The second kappa shape index (κ2) is 10.4. The Balaban J connectivity index is 1.54. The van der Waals surface area contributed by atoms with Crippen molar-refractivity contribution in [3.05, 3.63) is 59.7 Å². The Bertz CT molecular complexity index is 953. The largest absolute Gasteiger partial charge is 0.497 e. The van der Waals surface area contributed by atoms with E-state index in [0.717, 1.165) is 36.1 Å². The molecule has 0 amide bonds. The van der Waals surface area contributed by atoms with E-state index in [9.17, 15) is 8.42 Å². The average molecular weight is 431 g/mol. The van der Waals surface area contributed by atoms with Crippen molar-refractivity contribution in [1.29, 1.82) is 0 Å². The minimum Gasteiger partial charge on any atom is -0.497 e. The van der Waals surface area contributed by atoms with E-state index < -0.39 is 10.0 Å². The molecule has 162 valence electrons. The van der Waals surface area contributed by atoms with Gasteiger partial charge in [-0.15, -0.1) is 0 Å². The molecule has 1 saturated heterocycles. The van der Waals surface area contributed by atoms with E-state index in [0.29, 0.717) is 37.0 Å². The van der Waals surface area contributed by atoms with Crippen molar-refractivity contribution >= 4 is 16.0 Å². The number of piperidine rings is 1. The Kier molecular flexibility index (Phi) is 7.70. The number of hydrogen-bond acceptors (Lipinski definition) is 4. The Hall–Kier alpha value is -2.58. The number of sulfonamides is 1. The van der Waals surface area contributed by atoms with Crippen LogP contribution < -0.4 is 15.4 Å². The lowest BCUT2D eigenvalue weighted by Crippen LogP contribution is -2.36. The normalized spacial score (nSPS) is 15.6. The Labute approximate surface area is 179 Å². The topological polar surface area (TPSA) is 83.0 Å². The highest BCUT2D eigenvalue weighted by Crippen LogP contribution is 2.20. The molecule has 0 atom stereocenters. The molecule has 0 aromatic heterocycles. The fourth-order valence-corrected chi connectivity index (χ4v) is 4.93. The summed E-state index contributed by atoms with van der Waals surface area (Å²) in [5, 5.41) is 6.52. The van der Waals surface area contributed by atoms with Gasteiger partial charge < -0.3 is 15.4 Å². The van der Waals surface area contributed by atoms with Gasteiger partial charge in [0, 0.05) is 33.2 Å². The number of ether oxygens (including phenoxy) is 1. The first-order valence-corrected chi connectivity index (χ1v) is 11.6. The van der Waals surface area contributed by atoms with Crippen LogP contribution in [0.3, 0.4) is 0 Å². The molecule has 2 N–H and O–H groups in total. The van der Waals surface area contributed by atoms with E-state index in [-0.39, 0.29) is 0 Å². The summed E-state index contributed by atoms with van der Waals surface area (Å²) < 4.78 is 32.3. The van der Waals surface area contributed by atoms with Gasteiger partial charge in [0.25, 0.3) is 0 Å². The van der Waals surface area contributed by atoms with Crippen molar-refractivity contribution in [2.24, 2.45) is 4.99 Å². The van der Waals surface area contributed by atoms with Crippen LogP contribution >= 0.6 is 0 Å². The van der Waals surface area contributed by atoms with Gasteiger partial charge in [0.2, 0.25) is 10.0 Å². The van der Waals surface area contributed by atoms with Crippen LogP contribution in [0.15, 0.2) is 58.4 Å². The smallest absolute Gasteiger partial charge is 0.243 e. The molecule has 0 bridgehead atoms. The molecule has 0 radical (unpaired) electrons. The summed E-state index contributed by atoms with van der Waals surface area (Å²) in [6, 6.07) is 14.9. The standard InChI is InChI=1S/C22H30N4O3S/c1-23-22(25-17-19-7-6-8-20(15-19)29-2)24-16-18-9-11-21(12-10-18)30(27,28)26-13-4-3-5-14-26/h6-12,15H,3-5,13-14,16-17H2,1-2H3,(H2,23,24,25). The van der Waals surface area contributed by atoms with Gasteiger partial charge in [0.1, 0.15) is 5.75 Å². The van der Waals surface area contributed by atoms with Crippen molar-refractivity contribution in [3.8, 4) is 5.75 Å². The maximum Gasteiger partial charge on any atom is 0.243 e. The summed E-state index contributed by atoms with van der Waals surface area (Å²) >= 11 is 0. The van der Waals surface area contributed by atoms with Crippen LogP contribution in [0.1, 0.15) is 30.4 Å². The van der Waals surface area contributed by atoms with Crippen LogP contribution in [0.2, 0.25) is 0 Å². The van der Waals surface area contributed by atoms with Crippen LogP contribution in [0, 0.1) is 0 Å². The lowest BCUT2D eigenvalue weighted by Gasteiger charge is -2.25. The monoisotopic (exact) mass is 430 g/mol. The average Bonchev–Trinajstić information content (AvgIpc) is 2.80. The van der Waals surface area contributed by atoms with Crippen LogP contribution in [0.5, 0.6) is 5.75 Å². The highest BCUT2D eigenvalue weighted by Gasteiger charge is 2.25. The zero-order chi connectivity index (χ0) is 21.4. The van der Waals surface area contributed by atoms with Gasteiger partial charge in [-0.3, -0.25) is 4.99 Å². The van der Waals surface area contributed by atoms with Crippen molar-refractivity contribution < 1.29 is 13.2 Å². The van der Waals surface area contributed by atoms with Crippen molar-refractivity contribution in [1.82, 2.24) is 14.9 Å². The van der Waals surface area contributed by atoms with E-state index in [2.05, 4.69) is 15.6 Å². The number of methoxy groups -OCH3 is 1. The molecule has 7 nitrogen and oxygen atoms in total. The molecule has 0 saturated carbocycles. The molecule has 8 heteroatoms. The maximum absolute atomic E-state index is 12.7. The van der Waals surface area contributed by atoms with Crippen LogP contribution in [0.25, 0.3) is 0 Å². The van der Waals surface area contributed by atoms with Gasteiger partial charge in [0.15, 0.2) is 5.96 Å². The number of guanidine groups is 1. The second-order valence-electron chi connectivity index (χ2n) is 7.24. The minimum atomic E-state index is -3.39. The molecule has 3 rings (SSSR count). The molecule has 0 spiro atoms. The van der Waals surface area contributed by atoms with Crippen LogP contribution in [-0.2, 0) is 23.1 Å². The fourth-order valence-electron chi connectivity index (χ4n) is 3.41. The third-order valence-corrected chi connectivity index (χ3v) is 7.07. The minimum absolute atomic E-state index is 0.355. The molecule has 1 fully saturated rings. The molecular formula is C22H30N4O3S. The van der Waals surface area contributed by atoms with E-state index in [1.807, 2.05) is 36.4 Å². The molecular weight excluding hydrogens is 400 g/mol. The van der Waals surface area contributed by atoms with Crippen molar-refractivity contribution in [3.63, 3.8) is 0 Å². The van der Waals surface area contributed by atoms with Crippen LogP contribution in [-0.4, -0.2) is 45.9 Å². The molecule has 2 aromatic rings. The Morgan fingerprint density at radius 2 is 1.67 bits per heavy atom. The summed E-state index contributed by atoms with van der Waals surface area (Å²) in [4.78, 5) is 4.59. The summed E-state index contributed by atoms with van der Waals surface area (Å²) in [6.07, 6.45) is 2.97. The predicted octanol–water partition coefficient (Wildman–Crippen LogP) is 2.74. The van der Waals surface area contributed by atoms with Crippen LogP contribution in [0.4, 0.5) is 0 Å². The molecule has 1 heterocycles. The Morgan fingerprint density at radius 1 is 1.00 bits per heavy atom. The lowest BCUT2D eigenvalue weighted by molar-refractivity contribution is 0.346. The number of hydrogen-bond donors (Lipinski definition) is 2. The Morgan fingerprint density at radius 3 is 2.30 bits per heavy atom. The van der Waals surface area contributed by atoms with Gasteiger partial charge in [-0.05, 0) is 48.2 Å². The van der Waals surface area contributed by atoms with E-state index in [4.69, 9.17) is 4.74 Å². The molecule has 0 unspecified atom stereocenters. The van der Waals surface area contributed by atoms with Gasteiger partial charge in [-0.2, -0.15) is 4.31 Å². The maximum atomic E-state index is 12.7.